The highest BCUT2D eigenvalue weighted by atomic mass is 16.5. The second kappa shape index (κ2) is 7.29. The molecule has 0 radical (unpaired) electrons. The molecule has 1 atom stereocenters. The number of amides is 1. The standard InChI is InChI=1S/C16H24N2O2/c1-3-18-10-6-8-14(18)12-17-16(19)11-13-7-4-5-9-15(13)20-2/h4-5,7,9,14H,3,6,8,10-12H2,1-2H3,(H,17,19)/t14-/m0/s1. The van der Waals surface area contributed by atoms with Crippen molar-refractivity contribution in [2.24, 2.45) is 0 Å². The van der Waals surface area contributed by atoms with Crippen LogP contribution in [0.3, 0.4) is 0 Å². The van der Waals surface area contributed by atoms with Crippen LogP contribution in [0.2, 0.25) is 0 Å². The number of carbonyl (C=O) groups is 1. The minimum absolute atomic E-state index is 0.0671. The first-order chi connectivity index (χ1) is 9.74. The number of likely N-dealkylation sites (N-methyl/N-ethyl adjacent to an activating group) is 1. The van der Waals surface area contributed by atoms with E-state index in [4.69, 9.17) is 4.74 Å². The maximum Gasteiger partial charge on any atom is 0.224 e. The van der Waals surface area contributed by atoms with Crippen molar-refractivity contribution in [3.8, 4) is 5.75 Å². The molecule has 0 spiro atoms. The van der Waals surface area contributed by atoms with E-state index in [-0.39, 0.29) is 5.91 Å². The van der Waals surface area contributed by atoms with Crippen molar-refractivity contribution < 1.29 is 9.53 Å². The number of methoxy groups -OCH3 is 1. The van der Waals surface area contributed by atoms with Crippen molar-refractivity contribution in [2.45, 2.75) is 32.2 Å². The summed E-state index contributed by atoms with van der Waals surface area (Å²) in [5.41, 5.74) is 0.936. The Balaban J connectivity index is 1.83. The molecule has 1 heterocycles. The van der Waals surface area contributed by atoms with Gasteiger partial charge in [-0.2, -0.15) is 0 Å². The van der Waals surface area contributed by atoms with E-state index < -0.39 is 0 Å². The molecule has 0 saturated carbocycles. The van der Waals surface area contributed by atoms with E-state index in [1.165, 1.54) is 12.8 Å². The Labute approximate surface area is 121 Å². The molecule has 110 valence electrons. The summed E-state index contributed by atoms with van der Waals surface area (Å²) >= 11 is 0. The number of para-hydroxylation sites is 1. The third-order valence-electron chi connectivity index (χ3n) is 3.98. The molecule has 1 fully saturated rings. The highest BCUT2D eigenvalue weighted by Crippen LogP contribution is 2.18. The average Bonchev–Trinajstić information content (AvgIpc) is 2.93. The normalized spacial score (nSPS) is 19.0. The Kier molecular flexibility index (Phi) is 5.41. The van der Waals surface area contributed by atoms with Crippen molar-refractivity contribution in [2.75, 3.05) is 26.7 Å². The monoisotopic (exact) mass is 276 g/mol. The van der Waals surface area contributed by atoms with E-state index >= 15 is 0 Å². The van der Waals surface area contributed by atoms with Crippen LogP contribution in [0.25, 0.3) is 0 Å². The van der Waals surface area contributed by atoms with Crippen LogP contribution in [0.5, 0.6) is 5.75 Å². The van der Waals surface area contributed by atoms with Gasteiger partial charge in [-0.15, -0.1) is 0 Å². The van der Waals surface area contributed by atoms with Gasteiger partial charge in [0.05, 0.1) is 13.5 Å². The van der Waals surface area contributed by atoms with Gasteiger partial charge in [0.1, 0.15) is 5.75 Å². The van der Waals surface area contributed by atoms with Gasteiger partial charge < -0.3 is 10.1 Å². The predicted molar refractivity (Wildman–Crippen MR) is 80.0 cm³/mol. The molecule has 1 aliphatic heterocycles. The molecule has 1 N–H and O–H groups in total. The lowest BCUT2D eigenvalue weighted by Crippen LogP contribution is -2.40. The number of hydrogen-bond donors (Lipinski definition) is 1. The summed E-state index contributed by atoms with van der Waals surface area (Å²) < 4.78 is 5.27. The molecule has 4 heteroatoms. The molecule has 0 aliphatic carbocycles. The second-order valence-corrected chi connectivity index (χ2v) is 5.22. The Hall–Kier alpha value is -1.55. The van der Waals surface area contributed by atoms with Crippen LogP contribution in [0, 0.1) is 0 Å². The topological polar surface area (TPSA) is 41.6 Å². The SMILES string of the molecule is CCN1CCC[C@H]1CNC(=O)Cc1ccccc1OC. The fourth-order valence-corrected chi connectivity index (χ4v) is 2.86. The predicted octanol–water partition coefficient (Wildman–Crippen LogP) is 1.84. The van der Waals surface area contributed by atoms with E-state index in [0.717, 1.165) is 30.9 Å². The molecule has 1 amide bonds. The van der Waals surface area contributed by atoms with Crippen LogP contribution < -0.4 is 10.1 Å². The Morgan fingerprint density at radius 3 is 3.00 bits per heavy atom. The van der Waals surface area contributed by atoms with Gasteiger partial charge in [-0.1, -0.05) is 25.1 Å². The van der Waals surface area contributed by atoms with Gasteiger partial charge in [0, 0.05) is 18.2 Å². The van der Waals surface area contributed by atoms with Gasteiger partial charge in [0.25, 0.3) is 0 Å². The summed E-state index contributed by atoms with van der Waals surface area (Å²) in [6, 6.07) is 8.17. The Morgan fingerprint density at radius 1 is 1.45 bits per heavy atom. The van der Waals surface area contributed by atoms with Crippen molar-refractivity contribution in [3.63, 3.8) is 0 Å². The molecule has 0 bridgehead atoms. The smallest absolute Gasteiger partial charge is 0.224 e. The molecule has 0 unspecified atom stereocenters. The number of likely N-dealkylation sites (tertiary alicyclic amines) is 1. The summed E-state index contributed by atoms with van der Waals surface area (Å²) in [4.78, 5) is 14.5. The molecule has 1 saturated heterocycles. The van der Waals surface area contributed by atoms with Gasteiger partial charge in [-0.25, -0.2) is 0 Å². The lowest BCUT2D eigenvalue weighted by atomic mass is 10.1. The largest absolute Gasteiger partial charge is 0.496 e. The molecule has 1 aromatic carbocycles. The van der Waals surface area contributed by atoms with Gasteiger partial charge in [-0.05, 0) is 32.0 Å². The number of ether oxygens (including phenoxy) is 1. The van der Waals surface area contributed by atoms with E-state index in [0.29, 0.717) is 12.5 Å². The lowest BCUT2D eigenvalue weighted by Gasteiger charge is -2.22. The van der Waals surface area contributed by atoms with Gasteiger partial charge in [-0.3, -0.25) is 9.69 Å². The quantitative estimate of drug-likeness (QED) is 0.862. The highest BCUT2D eigenvalue weighted by Gasteiger charge is 2.23. The molecular formula is C16H24N2O2. The third kappa shape index (κ3) is 3.73. The number of nitrogens with zero attached hydrogens (tertiary/aromatic N) is 1. The summed E-state index contributed by atoms with van der Waals surface area (Å²) in [5.74, 6) is 0.844. The van der Waals surface area contributed by atoms with Crippen LogP contribution >= 0.6 is 0 Å². The number of hydrogen-bond acceptors (Lipinski definition) is 3. The first-order valence-corrected chi connectivity index (χ1v) is 7.37. The minimum atomic E-state index is 0.0671. The number of nitrogens with one attached hydrogen (secondary N) is 1. The zero-order valence-corrected chi connectivity index (χ0v) is 12.4. The summed E-state index contributed by atoms with van der Waals surface area (Å²) in [6.45, 7) is 5.15. The summed E-state index contributed by atoms with van der Waals surface area (Å²) in [6.07, 6.45) is 2.80. The molecule has 1 aromatic rings. The van der Waals surface area contributed by atoms with Gasteiger partial charge >= 0.3 is 0 Å². The molecule has 1 aliphatic rings. The first-order valence-electron chi connectivity index (χ1n) is 7.37. The Morgan fingerprint density at radius 2 is 2.25 bits per heavy atom. The average molecular weight is 276 g/mol. The van der Waals surface area contributed by atoms with Crippen molar-refractivity contribution in [1.29, 1.82) is 0 Å². The molecule has 2 rings (SSSR count). The molecule has 4 nitrogen and oxygen atoms in total. The van der Waals surface area contributed by atoms with E-state index in [1.807, 2.05) is 24.3 Å². The first kappa shape index (κ1) is 14.9. The van der Waals surface area contributed by atoms with E-state index in [1.54, 1.807) is 7.11 Å². The highest BCUT2D eigenvalue weighted by molar-refractivity contribution is 5.79. The van der Waals surface area contributed by atoms with Gasteiger partial charge in [0.15, 0.2) is 0 Å². The fraction of sp³-hybridized carbons (Fsp3) is 0.562. The van der Waals surface area contributed by atoms with Crippen LogP contribution in [-0.4, -0.2) is 43.6 Å². The van der Waals surface area contributed by atoms with Crippen LogP contribution in [0.1, 0.15) is 25.3 Å². The Bertz CT molecular complexity index is 448. The molecular weight excluding hydrogens is 252 g/mol. The second-order valence-electron chi connectivity index (χ2n) is 5.22. The maximum absolute atomic E-state index is 12.0. The fourth-order valence-electron chi connectivity index (χ4n) is 2.86. The maximum atomic E-state index is 12.0. The van der Waals surface area contributed by atoms with Crippen molar-refractivity contribution >= 4 is 5.91 Å². The zero-order valence-electron chi connectivity index (χ0n) is 12.4. The summed E-state index contributed by atoms with van der Waals surface area (Å²) in [7, 11) is 1.63. The third-order valence-corrected chi connectivity index (χ3v) is 3.98. The van der Waals surface area contributed by atoms with Crippen LogP contribution in [0.4, 0.5) is 0 Å². The number of carbonyl (C=O) groups excluding carboxylic acids is 1. The number of benzene rings is 1. The lowest BCUT2D eigenvalue weighted by molar-refractivity contribution is -0.120. The van der Waals surface area contributed by atoms with E-state index in [9.17, 15) is 4.79 Å². The van der Waals surface area contributed by atoms with Crippen LogP contribution in [-0.2, 0) is 11.2 Å². The van der Waals surface area contributed by atoms with Crippen molar-refractivity contribution in [1.82, 2.24) is 10.2 Å². The van der Waals surface area contributed by atoms with Gasteiger partial charge in [0.2, 0.25) is 5.91 Å². The van der Waals surface area contributed by atoms with E-state index in [2.05, 4.69) is 17.1 Å². The number of rotatable bonds is 6. The molecule has 0 aromatic heterocycles. The van der Waals surface area contributed by atoms with Crippen LogP contribution in [0.15, 0.2) is 24.3 Å². The minimum Gasteiger partial charge on any atom is -0.496 e. The summed E-state index contributed by atoms with van der Waals surface area (Å²) in [5, 5.41) is 3.05. The zero-order chi connectivity index (χ0) is 14.4. The van der Waals surface area contributed by atoms with Crippen molar-refractivity contribution in [3.05, 3.63) is 29.8 Å². The molecule has 20 heavy (non-hydrogen) atoms.